The molecule has 0 aliphatic rings. The first-order valence-electron chi connectivity index (χ1n) is 6.38. The van der Waals surface area contributed by atoms with Crippen LogP contribution in [0.1, 0.15) is 18.2 Å². The number of nitrogens with one attached hydrogen (secondary N) is 1. The highest BCUT2D eigenvalue weighted by Crippen LogP contribution is 2.35. The summed E-state index contributed by atoms with van der Waals surface area (Å²) in [6.45, 7) is 3.04. The molecule has 1 N–H and O–H groups in total. The summed E-state index contributed by atoms with van der Waals surface area (Å²) in [4.78, 5) is 11.9. The molecule has 2 rings (SSSR count). The Morgan fingerprint density at radius 3 is 2.85 bits per heavy atom. The average molecular weight is 292 g/mol. The van der Waals surface area contributed by atoms with E-state index in [4.69, 9.17) is 4.74 Å². The van der Waals surface area contributed by atoms with Gasteiger partial charge >= 0.3 is 5.69 Å². The number of nitrogens with zero attached hydrogens (tertiary/aromatic N) is 1. The van der Waals surface area contributed by atoms with E-state index in [1.165, 1.54) is 0 Å². The Balaban J connectivity index is 2.20. The van der Waals surface area contributed by atoms with E-state index in [2.05, 4.69) is 5.32 Å². The summed E-state index contributed by atoms with van der Waals surface area (Å²) in [5.41, 5.74) is 0.498. The fourth-order valence-electron chi connectivity index (χ4n) is 1.77. The number of anilines is 1. The van der Waals surface area contributed by atoms with E-state index in [0.29, 0.717) is 24.6 Å². The number of hydrogen-bond acceptors (Lipinski definition) is 5. The zero-order chi connectivity index (χ0) is 14.4. The third-order valence-corrected chi connectivity index (χ3v) is 3.55. The molecule has 0 amide bonds. The van der Waals surface area contributed by atoms with Crippen LogP contribution in [0.3, 0.4) is 0 Å². The molecule has 0 atom stereocenters. The average Bonchev–Trinajstić information content (AvgIpc) is 2.95. The maximum Gasteiger partial charge on any atom is 0.333 e. The molecule has 5 nitrogen and oxygen atoms in total. The second-order valence-corrected chi connectivity index (χ2v) is 5.24. The van der Waals surface area contributed by atoms with Crippen LogP contribution in [0.5, 0.6) is 5.75 Å². The summed E-state index contributed by atoms with van der Waals surface area (Å²) in [6.07, 6.45) is 0.900. The highest BCUT2D eigenvalue weighted by Gasteiger charge is 2.20. The maximum atomic E-state index is 11.3. The van der Waals surface area contributed by atoms with E-state index >= 15 is 0 Å². The highest BCUT2D eigenvalue weighted by molar-refractivity contribution is 7.09. The van der Waals surface area contributed by atoms with Crippen molar-refractivity contribution in [3.63, 3.8) is 0 Å². The number of para-hydroxylation sites is 1. The molecule has 0 saturated heterocycles. The van der Waals surface area contributed by atoms with Crippen molar-refractivity contribution in [1.82, 2.24) is 0 Å². The molecule has 1 aromatic carbocycles. The van der Waals surface area contributed by atoms with Gasteiger partial charge in [-0.15, -0.1) is 11.3 Å². The van der Waals surface area contributed by atoms with Crippen LogP contribution < -0.4 is 10.1 Å². The maximum absolute atomic E-state index is 11.3. The first-order valence-corrected chi connectivity index (χ1v) is 7.26. The Bertz CT molecular complexity index is 570. The van der Waals surface area contributed by atoms with Gasteiger partial charge in [0.2, 0.25) is 0 Å². The molecule has 1 heterocycles. The molecular weight excluding hydrogens is 276 g/mol. The summed E-state index contributed by atoms with van der Waals surface area (Å²) in [7, 11) is 0. The standard InChI is InChI=1S/C14H16N2O3S/c1-2-8-15-12-6-3-7-13(14(12)16(17)18)19-10-11-5-4-9-20-11/h3-7,9,15H,2,8,10H2,1H3. The molecule has 0 fully saturated rings. The number of benzene rings is 1. The van der Waals surface area contributed by atoms with Crippen molar-refractivity contribution in [3.05, 3.63) is 50.7 Å². The lowest BCUT2D eigenvalue weighted by atomic mass is 10.2. The normalized spacial score (nSPS) is 10.2. The van der Waals surface area contributed by atoms with Crippen LogP contribution in [0, 0.1) is 10.1 Å². The number of rotatable bonds is 7. The van der Waals surface area contributed by atoms with Gasteiger partial charge in [0.15, 0.2) is 5.75 Å². The monoisotopic (exact) mass is 292 g/mol. The number of nitro benzene ring substituents is 1. The van der Waals surface area contributed by atoms with Gasteiger partial charge in [0.25, 0.3) is 0 Å². The van der Waals surface area contributed by atoms with Gasteiger partial charge in [-0.05, 0) is 30.0 Å². The molecule has 0 bridgehead atoms. The molecular formula is C14H16N2O3S. The molecule has 0 radical (unpaired) electrons. The number of nitro groups is 1. The zero-order valence-corrected chi connectivity index (χ0v) is 12.0. The highest BCUT2D eigenvalue weighted by atomic mass is 32.1. The SMILES string of the molecule is CCCNc1cccc(OCc2cccs2)c1[N+](=O)[O-]. The lowest BCUT2D eigenvalue weighted by Gasteiger charge is -2.10. The van der Waals surface area contributed by atoms with Crippen LogP contribution >= 0.6 is 11.3 Å². The van der Waals surface area contributed by atoms with Crippen molar-refractivity contribution in [2.24, 2.45) is 0 Å². The van der Waals surface area contributed by atoms with Gasteiger partial charge in [0.05, 0.1) is 4.92 Å². The number of thiophene rings is 1. The third kappa shape index (κ3) is 3.48. The summed E-state index contributed by atoms with van der Waals surface area (Å²) in [6, 6.07) is 8.95. The summed E-state index contributed by atoms with van der Waals surface area (Å²) in [5, 5.41) is 16.3. The van der Waals surface area contributed by atoms with Crippen molar-refractivity contribution in [2.75, 3.05) is 11.9 Å². The molecule has 1 aromatic heterocycles. The van der Waals surface area contributed by atoms with Crippen LogP contribution in [-0.2, 0) is 6.61 Å². The minimum atomic E-state index is -0.401. The second kappa shape index (κ2) is 6.91. The lowest BCUT2D eigenvalue weighted by Crippen LogP contribution is -2.05. The van der Waals surface area contributed by atoms with Gasteiger partial charge in [0, 0.05) is 11.4 Å². The molecule has 106 valence electrons. The van der Waals surface area contributed by atoms with E-state index in [1.807, 2.05) is 24.4 Å². The molecule has 2 aromatic rings. The van der Waals surface area contributed by atoms with Gasteiger partial charge in [-0.1, -0.05) is 19.1 Å². The first kappa shape index (κ1) is 14.3. The largest absolute Gasteiger partial charge is 0.481 e. The van der Waals surface area contributed by atoms with Crippen LogP contribution in [0.2, 0.25) is 0 Å². The van der Waals surface area contributed by atoms with E-state index < -0.39 is 4.92 Å². The Morgan fingerprint density at radius 2 is 2.20 bits per heavy atom. The smallest absolute Gasteiger partial charge is 0.333 e. The van der Waals surface area contributed by atoms with Crippen molar-refractivity contribution >= 4 is 22.7 Å². The molecule has 0 saturated carbocycles. The zero-order valence-electron chi connectivity index (χ0n) is 11.2. The Labute approximate surface area is 121 Å². The minimum Gasteiger partial charge on any atom is -0.481 e. The Hall–Kier alpha value is -2.08. The van der Waals surface area contributed by atoms with Crippen LogP contribution in [0.4, 0.5) is 11.4 Å². The molecule has 6 heteroatoms. The summed E-state index contributed by atoms with van der Waals surface area (Å²) >= 11 is 1.56. The van der Waals surface area contributed by atoms with E-state index in [0.717, 1.165) is 11.3 Å². The van der Waals surface area contributed by atoms with Gasteiger partial charge in [-0.25, -0.2) is 0 Å². The van der Waals surface area contributed by atoms with Gasteiger partial charge in [-0.2, -0.15) is 0 Å². The first-order chi connectivity index (χ1) is 9.72. The van der Waals surface area contributed by atoms with Crippen molar-refractivity contribution in [3.8, 4) is 5.75 Å². The second-order valence-electron chi connectivity index (χ2n) is 4.20. The predicted octanol–water partition coefficient (Wildman–Crippen LogP) is 4.06. The van der Waals surface area contributed by atoms with Gasteiger partial charge in [-0.3, -0.25) is 10.1 Å². The van der Waals surface area contributed by atoms with Gasteiger partial charge < -0.3 is 10.1 Å². The van der Waals surface area contributed by atoms with Crippen LogP contribution in [0.15, 0.2) is 35.7 Å². The molecule has 0 unspecified atom stereocenters. The Morgan fingerprint density at radius 1 is 1.35 bits per heavy atom. The van der Waals surface area contributed by atoms with Crippen LogP contribution in [0.25, 0.3) is 0 Å². The summed E-state index contributed by atoms with van der Waals surface area (Å²) < 4.78 is 5.59. The molecule has 0 aliphatic carbocycles. The van der Waals surface area contributed by atoms with Crippen molar-refractivity contribution < 1.29 is 9.66 Å². The van der Waals surface area contributed by atoms with E-state index in [-0.39, 0.29) is 5.69 Å². The van der Waals surface area contributed by atoms with Gasteiger partial charge in [0.1, 0.15) is 12.3 Å². The summed E-state index contributed by atoms with van der Waals surface area (Å²) in [5.74, 6) is 0.296. The topological polar surface area (TPSA) is 64.4 Å². The predicted molar refractivity (Wildman–Crippen MR) is 80.5 cm³/mol. The number of hydrogen-bond donors (Lipinski definition) is 1. The fraction of sp³-hybridized carbons (Fsp3) is 0.286. The fourth-order valence-corrected chi connectivity index (χ4v) is 2.39. The third-order valence-electron chi connectivity index (χ3n) is 2.70. The lowest BCUT2D eigenvalue weighted by molar-refractivity contribution is -0.385. The molecule has 0 spiro atoms. The van der Waals surface area contributed by atoms with Crippen molar-refractivity contribution in [2.45, 2.75) is 20.0 Å². The van der Waals surface area contributed by atoms with E-state index in [1.54, 1.807) is 29.5 Å². The minimum absolute atomic E-state index is 0.00231. The van der Waals surface area contributed by atoms with Crippen molar-refractivity contribution in [1.29, 1.82) is 0 Å². The van der Waals surface area contributed by atoms with E-state index in [9.17, 15) is 10.1 Å². The molecule has 20 heavy (non-hydrogen) atoms. The quantitative estimate of drug-likeness (QED) is 0.617. The van der Waals surface area contributed by atoms with Crippen LogP contribution in [-0.4, -0.2) is 11.5 Å². The molecule has 0 aliphatic heterocycles. The Kier molecular flexibility index (Phi) is 4.95. The number of ether oxygens (including phenoxy) is 1.